The molecule has 0 spiro atoms. The summed E-state index contributed by atoms with van der Waals surface area (Å²) in [6.45, 7) is 0.174. The fourth-order valence-electron chi connectivity index (χ4n) is 3.20. The molecule has 178 valence electrons. The van der Waals surface area contributed by atoms with Gasteiger partial charge in [0.1, 0.15) is 12.4 Å². The predicted octanol–water partition coefficient (Wildman–Crippen LogP) is 2.75. The van der Waals surface area contributed by atoms with E-state index in [2.05, 4.69) is 9.71 Å². The topological polar surface area (TPSA) is 146 Å². The van der Waals surface area contributed by atoms with Crippen molar-refractivity contribution < 1.29 is 22.7 Å². The lowest BCUT2D eigenvalue weighted by Crippen LogP contribution is -2.30. The molecule has 0 radical (unpaired) electrons. The number of carbonyl (C=O) groups is 1. The molecule has 0 saturated carbocycles. The standard InChI is InChI=1S/C24H26N4O5S/c1-32-23(29)15-22(28-34(30,31)20-11-3-2-4-12-20)17-9-7-10-19(14-17)33-16-18-8-5-6-13-21(18)27-24(25)26/h2-14,22,28H,15-16H2,1H3,(H4,25,26,27). The van der Waals surface area contributed by atoms with Crippen LogP contribution in [0.25, 0.3) is 0 Å². The highest BCUT2D eigenvalue weighted by atomic mass is 32.2. The van der Waals surface area contributed by atoms with Crippen LogP contribution in [0.4, 0.5) is 5.69 Å². The van der Waals surface area contributed by atoms with Gasteiger partial charge in [-0.25, -0.2) is 18.1 Å². The van der Waals surface area contributed by atoms with Gasteiger partial charge in [-0.15, -0.1) is 0 Å². The van der Waals surface area contributed by atoms with Crippen LogP contribution in [0.5, 0.6) is 5.75 Å². The third kappa shape index (κ3) is 6.80. The fraction of sp³-hybridized carbons (Fsp3) is 0.167. The molecule has 9 nitrogen and oxygen atoms in total. The van der Waals surface area contributed by atoms with E-state index >= 15 is 0 Å². The Morgan fingerprint density at radius 2 is 1.71 bits per heavy atom. The van der Waals surface area contributed by atoms with E-state index in [4.69, 9.17) is 20.9 Å². The summed E-state index contributed by atoms with van der Waals surface area (Å²) in [5, 5.41) is 0. The molecular formula is C24H26N4O5S. The van der Waals surface area contributed by atoms with Crippen LogP contribution >= 0.6 is 0 Å². The van der Waals surface area contributed by atoms with E-state index in [1.54, 1.807) is 48.5 Å². The fourth-order valence-corrected chi connectivity index (χ4v) is 4.44. The van der Waals surface area contributed by atoms with E-state index in [-0.39, 0.29) is 23.9 Å². The van der Waals surface area contributed by atoms with Crippen LogP contribution in [-0.4, -0.2) is 27.5 Å². The number of benzene rings is 3. The number of nitrogens with two attached hydrogens (primary N) is 2. The third-order valence-corrected chi connectivity index (χ3v) is 6.33. The van der Waals surface area contributed by atoms with Gasteiger partial charge in [0.05, 0.1) is 30.2 Å². The van der Waals surface area contributed by atoms with Crippen molar-refractivity contribution in [1.29, 1.82) is 0 Å². The molecule has 1 unspecified atom stereocenters. The number of para-hydroxylation sites is 1. The van der Waals surface area contributed by atoms with Gasteiger partial charge >= 0.3 is 5.97 Å². The highest BCUT2D eigenvalue weighted by Gasteiger charge is 2.24. The van der Waals surface area contributed by atoms with Crippen molar-refractivity contribution in [2.75, 3.05) is 7.11 Å². The Balaban J connectivity index is 1.84. The predicted molar refractivity (Wildman–Crippen MR) is 129 cm³/mol. The normalized spacial score (nSPS) is 11.9. The molecule has 0 amide bonds. The van der Waals surface area contributed by atoms with E-state index in [9.17, 15) is 13.2 Å². The SMILES string of the molecule is COC(=O)CC(NS(=O)(=O)c1ccccc1)c1cccc(OCc2ccccc2N=C(N)N)c1. The zero-order chi connectivity index (χ0) is 24.6. The van der Waals surface area contributed by atoms with Gasteiger partial charge in [0.2, 0.25) is 10.0 Å². The smallest absolute Gasteiger partial charge is 0.307 e. The first-order chi connectivity index (χ1) is 16.3. The number of esters is 1. The Hall–Kier alpha value is -3.89. The number of hydrogen-bond acceptors (Lipinski definition) is 6. The molecule has 1 atom stereocenters. The summed E-state index contributed by atoms with van der Waals surface area (Å²) in [4.78, 5) is 16.2. The first-order valence-corrected chi connectivity index (χ1v) is 11.8. The Bertz CT molecular complexity index is 1260. The number of carbonyl (C=O) groups excluding carboxylic acids is 1. The number of sulfonamides is 1. The second-order valence-electron chi connectivity index (χ2n) is 7.29. The molecule has 3 rings (SSSR count). The minimum Gasteiger partial charge on any atom is -0.489 e. The highest BCUT2D eigenvalue weighted by Crippen LogP contribution is 2.26. The maximum absolute atomic E-state index is 12.9. The van der Waals surface area contributed by atoms with Crippen LogP contribution in [0.2, 0.25) is 0 Å². The van der Waals surface area contributed by atoms with Crippen LogP contribution in [-0.2, 0) is 26.2 Å². The summed E-state index contributed by atoms with van der Waals surface area (Å²) in [7, 11) is -2.64. The van der Waals surface area contributed by atoms with Crippen molar-refractivity contribution in [3.63, 3.8) is 0 Å². The number of nitrogens with one attached hydrogen (secondary N) is 1. The van der Waals surface area contributed by atoms with Gasteiger partial charge in [0.15, 0.2) is 5.96 Å². The van der Waals surface area contributed by atoms with Gasteiger partial charge in [-0.1, -0.05) is 48.5 Å². The van der Waals surface area contributed by atoms with Gasteiger partial charge in [-0.3, -0.25) is 4.79 Å². The lowest BCUT2D eigenvalue weighted by Gasteiger charge is -2.19. The molecule has 34 heavy (non-hydrogen) atoms. The molecule has 0 aliphatic heterocycles. The number of methoxy groups -OCH3 is 1. The molecule has 0 fully saturated rings. The van der Waals surface area contributed by atoms with E-state index in [1.165, 1.54) is 19.2 Å². The number of aliphatic imine (C=N–C) groups is 1. The minimum atomic E-state index is -3.88. The highest BCUT2D eigenvalue weighted by molar-refractivity contribution is 7.89. The molecular weight excluding hydrogens is 456 g/mol. The Morgan fingerprint density at radius 1 is 1.00 bits per heavy atom. The van der Waals surface area contributed by atoms with Crippen molar-refractivity contribution in [3.05, 3.63) is 90.0 Å². The Morgan fingerprint density at radius 3 is 2.41 bits per heavy atom. The van der Waals surface area contributed by atoms with Crippen LogP contribution in [0, 0.1) is 0 Å². The van der Waals surface area contributed by atoms with Gasteiger partial charge in [-0.2, -0.15) is 0 Å². The average molecular weight is 483 g/mol. The first-order valence-electron chi connectivity index (χ1n) is 10.3. The van der Waals surface area contributed by atoms with Crippen molar-refractivity contribution in [2.45, 2.75) is 24.0 Å². The van der Waals surface area contributed by atoms with Crippen LogP contribution in [0.15, 0.2) is 88.8 Å². The van der Waals surface area contributed by atoms with Crippen LogP contribution in [0.1, 0.15) is 23.6 Å². The molecule has 0 heterocycles. The zero-order valence-electron chi connectivity index (χ0n) is 18.5. The second kappa shape index (κ2) is 11.3. The number of nitrogens with zero attached hydrogens (tertiary/aromatic N) is 1. The molecule has 0 bridgehead atoms. The van der Waals surface area contributed by atoms with Gasteiger partial charge in [0.25, 0.3) is 0 Å². The Labute approximate surface area is 198 Å². The maximum Gasteiger partial charge on any atom is 0.307 e. The quantitative estimate of drug-likeness (QED) is 0.229. The summed E-state index contributed by atoms with van der Waals surface area (Å²) in [6.07, 6.45) is -0.195. The monoisotopic (exact) mass is 482 g/mol. The van der Waals surface area contributed by atoms with Gasteiger partial charge in [0, 0.05) is 5.56 Å². The second-order valence-corrected chi connectivity index (χ2v) is 9.01. The largest absolute Gasteiger partial charge is 0.489 e. The maximum atomic E-state index is 12.9. The van der Waals surface area contributed by atoms with E-state index in [0.29, 0.717) is 17.0 Å². The molecule has 0 saturated heterocycles. The van der Waals surface area contributed by atoms with E-state index < -0.39 is 22.0 Å². The van der Waals surface area contributed by atoms with Gasteiger partial charge in [-0.05, 0) is 35.9 Å². The molecule has 5 N–H and O–H groups in total. The number of ether oxygens (including phenoxy) is 2. The van der Waals surface area contributed by atoms with Crippen LogP contribution < -0.4 is 20.9 Å². The molecule has 3 aromatic carbocycles. The van der Waals surface area contributed by atoms with Crippen LogP contribution in [0.3, 0.4) is 0 Å². The lowest BCUT2D eigenvalue weighted by atomic mass is 10.0. The lowest BCUT2D eigenvalue weighted by molar-refractivity contribution is -0.141. The summed E-state index contributed by atoms with van der Waals surface area (Å²) in [5.74, 6) is -0.144. The van der Waals surface area contributed by atoms with E-state index in [0.717, 1.165) is 5.56 Å². The van der Waals surface area contributed by atoms with Crippen molar-refractivity contribution in [3.8, 4) is 5.75 Å². The van der Waals surface area contributed by atoms with Crippen molar-refractivity contribution in [2.24, 2.45) is 16.5 Å². The van der Waals surface area contributed by atoms with Crippen molar-refractivity contribution >= 4 is 27.6 Å². The Kier molecular flexibility index (Phi) is 8.23. The molecule has 0 aromatic heterocycles. The van der Waals surface area contributed by atoms with Crippen molar-refractivity contribution in [1.82, 2.24) is 4.72 Å². The number of rotatable bonds is 10. The molecule has 0 aliphatic rings. The molecule has 0 aliphatic carbocycles. The molecule has 3 aromatic rings. The van der Waals surface area contributed by atoms with E-state index in [1.807, 2.05) is 18.2 Å². The zero-order valence-corrected chi connectivity index (χ0v) is 19.4. The summed E-state index contributed by atoms with van der Waals surface area (Å²) in [6, 6.07) is 21.1. The number of hydrogen-bond donors (Lipinski definition) is 3. The van der Waals surface area contributed by atoms with Gasteiger partial charge < -0.3 is 20.9 Å². The number of guanidine groups is 1. The minimum absolute atomic E-state index is 0.0641. The average Bonchev–Trinajstić information content (AvgIpc) is 2.83. The molecule has 10 heteroatoms. The third-order valence-electron chi connectivity index (χ3n) is 4.85. The first kappa shape index (κ1) is 24.7. The summed E-state index contributed by atoms with van der Waals surface area (Å²) in [5.41, 5.74) is 12.9. The summed E-state index contributed by atoms with van der Waals surface area (Å²) >= 11 is 0. The summed E-state index contributed by atoms with van der Waals surface area (Å²) < 4.78 is 39.0.